The van der Waals surface area contributed by atoms with E-state index in [2.05, 4.69) is 0 Å². The van der Waals surface area contributed by atoms with Gasteiger partial charge in [-0.15, -0.1) is 11.6 Å². The zero-order chi connectivity index (χ0) is 11.5. The van der Waals surface area contributed by atoms with Crippen LogP contribution in [0.25, 0.3) is 0 Å². The van der Waals surface area contributed by atoms with Gasteiger partial charge in [0.05, 0.1) is 5.88 Å². The van der Waals surface area contributed by atoms with Crippen LogP contribution in [-0.2, 0) is 15.0 Å². The van der Waals surface area contributed by atoms with Crippen LogP contribution >= 0.6 is 11.6 Å². The number of benzene rings is 1. The summed E-state index contributed by atoms with van der Waals surface area (Å²) < 4.78 is 0. The molecule has 1 rings (SSSR count). The van der Waals surface area contributed by atoms with Gasteiger partial charge in [-0.05, 0) is 5.56 Å². The van der Waals surface area contributed by atoms with Crippen LogP contribution in [0.4, 0.5) is 0 Å². The molecule has 80 valence electrons. The van der Waals surface area contributed by atoms with Gasteiger partial charge in [-0.2, -0.15) is 0 Å². The molecular formula is C10H9ClO4. The topological polar surface area (TPSA) is 74.6 Å². The SMILES string of the molecule is O=C(O)C(CCl)(C(=O)O)c1ccccc1. The molecule has 0 unspecified atom stereocenters. The van der Waals surface area contributed by atoms with Crippen LogP contribution in [0.5, 0.6) is 0 Å². The lowest BCUT2D eigenvalue weighted by Crippen LogP contribution is -2.45. The second-order valence-corrected chi connectivity index (χ2v) is 3.28. The summed E-state index contributed by atoms with van der Waals surface area (Å²) in [5, 5.41) is 18.0. The Labute approximate surface area is 91.1 Å². The first-order valence-electron chi connectivity index (χ1n) is 4.14. The minimum absolute atomic E-state index is 0.167. The van der Waals surface area contributed by atoms with Crippen LogP contribution < -0.4 is 0 Å². The number of aliphatic carboxylic acids is 2. The fourth-order valence-electron chi connectivity index (χ4n) is 1.25. The van der Waals surface area contributed by atoms with Crippen molar-refractivity contribution in [2.24, 2.45) is 0 Å². The largest absolute Gasteiger partial charge is 0.480 e. The minimum Gasteiger partial charge on any atom is -0.480 e. The van der Waals surface area contributed by atoms with E-state index < -0.39 is 23.2 Å². The molecule has 0 radical (unpaired) electrons. The maximum Gasteiger partial charge on any atom is 0.326 e. The smallest absolute Gasteiger partial charge is 0.326 e. The first-order chi connectivity index (χ1) is 7.05. The summed E-state index contributed by atoms with van der Waals surface area (Å²) in [5.74, 6) is -3.44. The predicted octanol–water partition coefficient (Wildman–Crippen LogP) is 1.33. The summed E-state index contributed by atoms with van der Waals surface area (Å²) >= 11 is 5.49. The Kier molecular flexibility index (Phi) is 3.31. The Morgan fingerprint density at radius 2 is 1.60 bits per heavy atom. The van der Waals surface area contributed by atoms with Crippen LogP contribution in [0.2, 0.25) is 0 Å². The van der Waals surface area contributed by atoms with E-state index in [0.29, 0.717) is 0 Å². The lowest BCUT2D eigenvalue weighted by Gasteiger charge is -2.22. The normalized spacial score (nSPS) is 11.0. The Morgan fingerprint density at radius 3 is 1.93 bits per heavy atom. The molecule has 0 aliphatic carbocycles. The highest BCUT2D eigenvalue weighted by atomic mass is 35.5. The zero-order valence-electron chi connectivity index (χ0n) is 7.68. The van der Waals surface area contributed by atoms with E-state index in [1.807, 2.05) is 0 Å². The van der Waals surface area contributed by atoms with E-state index in [-0.39, 0.29) is 5.56 Å². The number of rotatable bonds is 4. The molecule has 5 heteroatoms. The van der Waals surface area contributed by atoms with Gasteiger partial charge in [0.1, 0.15) is 0 Å². The highest BCUT2D eigenvalue weighted by Crippen LogP contribution is 2.26. The third-order valence-corrected chi connectivity index (χ3v) is 2.60. The van der Waals surface area contributed by atoms with Crippen molar-refractivity contribution in [1.82, 2.24) is 0 Å². The molecule has 0 amide bonds. The Balaban J connectivity index is 3.35. The molecule has 0 saturated heterocycles. The highest BCUT2D eigenvalue weighted by Gasteiger charge is 2.47. The number of halogens is 1. The van der Waals surface area contributed by atoms with Gasteiger partial charge < -0.3 is 10.2 Å². The first kappa shape index (κ1) is 11.5. The van der Waals surface area contributed by atoms with Gasteiger partial charge in [0, 0.05) is 0 Å². The minimum atomic E-state index is -2.07. The van der Waals surface area contributed by atoms with Gasteiger partial charge in [-0.25, -0.2) is 0 Å². The summed E-state index contributed by atoms with van der Waals surface area (Å²) in [6.45, 7) is 0. The molecule has 4 nitrogen and oxygen atoms in total. The Morgan fingerprint density at radius 1 is 1.13 bits per heavy atom. The van der Waals surface area contributed by atoms with Gasteiger partial charge in [-0.3, -0.25) is 9.59 Å². The molecule has 1 aromatic carbocycles. The van der Waals surface area contributed by atoms with Crippen LogP contribution in [0.3, 0.4) is 0 Å². The average Bonchev–Trinajstić information content (AvgIpc) is 2.20. The van der Waals surface area contributed by atoms with E-state index in [0.717, 1.165) is 0 Å². The molecular weight excluding hydrogens is 220 g/mol. The van der Waals surface area contributed by atoms with E-state index in [1.165, 1.54) is 12.1 Å². The number of hydrogen-bond acceptors (Lipinski definition) is 2. The maximum atomic E-state index is 11.0. The highest BCUT2D eigenvalue weighted by molar-refractivity contribution is 6.24. The Hall–Kier alpha value is -1.55. The molecule has 0 fully saturated rings. The third kappa shape index (κ3) is 1.80. The molecule has 0 aliphatic heterocycles. The van der Waals surface area contributed by atoms with Crippen molar-refractivity contribution in [3.8, 4) is 0 Å². The summed E-state index contributed by atoms with van der Waals surface area (Å²) in [6, 6.07) is 7.69. The molecule has 0 bridgehead atoms. The van der Waals surface area contributed by atoms with Crippen molar-refractivity contribution in [1.29, 1.82) is 0 Å². The summed E-state index contributed by atoms with van der Waals surface area (Å²) in [5.41, 5.74) is -1.90. The van der Waals surface area contributed by atoms with Crippen molar-refractivity contribution in [2.45, 2.75) is 5.41 Å². The van der Waals surface area contributed by atoms with E-state index in [1.54, 1.807) is 18.2 Å². The standard InChI is InChI=1S/C10H9ClO4/c11-6-10(8(12)13,9(14)15)7-4-2-1-3-5-7/h1-5H,6H2,(H,12,13)(H,14,15). The van der Waals surface area contributed by atoms with Crippen molar-refractivity contribution in [3.63, 3.8) is 0 Å². The van der Waals surface area contributed by atoms with Crippen molar-refractivity contribution in [3.05, 3.63) is 35.9 Å². The first-order valence-corrected chi connectivity index (χ1v) is 4.67. The van der Waals surface area contributed by atoms with Crippen LogP contribution in [-0.4, -0.2) is 28.0 Å². The van der Waals surface area contributed by atoms with Crippen LogP contribution in [0, 0.1) is 0 Å². The van der Waals surface area contributed by atoms with E-state index in [4.69, 9.17) is 21.8 Å². The molecule has 0 atom stereocenters. The molecule has 0 spiro atoms. The van der Waals surface area contributed by atoms with Gasteiger partial charge in [0.25, 0.3) is 0 Å². The molecule has 1 aromatic rings. The Bertz CT molecular complexity index is 360. The summed E-state index contributed by atoms with van der Waals surface area (Å²) in [4.78, 5) is 22.1. The number of hydrogen-bond donors (Lipinski definition) is 2. The summed E-state index contributed by atoms with van der Waals surface area (Å²) in [6.07, 6.45) is 0. The van der Waals surface area contributed by atoms with Gasteiger partial charge in [-0.1, -0.05) is 30.3 Å². The van der Waals surface area contributed by atoms with E-state index in [9.17, 15) is 9.59 Å². The average molecular weight is 229 g/mol. The molecule has 0 aromatic heterocycles. The molecule has 0 heterocycles. The number of carboxylic acids is 2. The van der Waals surface area contributed by atoms with E-state index >= 15 is 0 Å². The lowest BCUT2D eigenvalue weighted by atomic mass is 9.82. The van der Waals surface area contributed by atoms with Crippen LogP contribution in [0.1, 0.15) is 5.56 Å². The molecule has 2 N–H and O–H groups in total. The molecule has 15 heavy (non-hydrogen) atoms. The molecule has 0 aliphatic rings. The number of alkyl halides is 1. The predicted molar refractivity (Wildman–Crippen MR) is 54.1 cm³/mol. The zero-order valence-corrected chi connectivity index (χ0v) is 8.44. The second-order valence-electron chi connectivity index (χ2n) is 3.02. The fraction of sp³-hybridized carbons (Fsp3) is 0.200. The molecule has 0 saturated carbocycles. The third-order valence-electron chi connectivity index (χ3n) is 2.20. The van der Waals surface area contributed by atoms with Crippen LogP contribution in [0.15, 0.2) is 30.3 Å². The van der Waals surface area contributed by atoms with Gasteiger partial charge in [0.2, 0.25) is 5.41 Å². The van der Waals surface area contributed by atoms with Gasteiger partial charge in [0.15, 0.2) is 0 Å². The maximum absolute atomic E-state index is 11.0. The monoisotopic (exact) mass is 228 g/mol. The second kappa shape index (κ2) is 4.31. The van der Waals surface area contributed by atoms with Crippen molar-refractivity contribution < 1.29 is 19.8 Å². The van der Waals surface area contributed by atoms with Crippen molar-refractivity contribution >= 4 is 23.5 Å². The number of carboxylic acid groups (broad SMARTS) is 2. The van der Waals surface area contributed by atoms with Gasteiger partial charge >= 0.3 is 11.9 Å². The lowest BCUT2D eigenvalue weighted by molar-refractivity contribution is -0.156. The summed E-state index contributed by atoms with van der Waals surface area (Å²) in [7, 11) is 0. The number of carbonyl (C=O) groups is 2. The van der Waals surface area contributed by atoms with Crippen molar-refractivity contribution in [2.75, 3.05) is 5.88 Å². The fourth-order valence-corrected chi connectivity index (χ4v) is 1.64. The quantitative estimate of drug-likeness (QED) is 0.602.